The molecule has 5 heteroatoms. The van der Waals surface area contributed by atoms with Crippen LogP contribution in [0.5, 0.6) is 0 Å². The molecule has 0 heterocycles. The summed E-state index contributed by atoms with van der Waals surface area (Å²) in [6.45, 7) is 8.62. The molecule has 0 unspecified atom stereocenters. The number of Topliss-reactive ketones (excluding diaryl/α,β-unsaturated/α-hetero) is 2. The molecule has 0 radical (unpaired) electrons. The van der Waals surface area contributed by atoms with Gasteiger partial charge in [0.2, 0.25) is 0 Å². The van der Waals surface area contributed by atoms with Crippen molar-refractivity contribution in [1.82, 2.24) is 0 Å². The first kappa shape index (κ1) is 15.8. The third-order valence-corrected chi connectivity index (χ3v) is 2.52. The third kappa shape index (κ3) is 5.75. The monoisotopic (exact) mass is 296 g/mol. The van der Waals surface area contributed by atoms with Crippen molar-refractivity contribution in [3.63, 3.8) is 0 Å². The second-order valence-electron chi connectivity index (χ2n) is 4.22. The van der Waals surface area contributed by atoms with Gasteiger partial charge in [-0.05, 0) is 0 Å². The Hall–Kier alpha value is -0.221. The molecule has 94 valence electrons. The second kappa shape index (κ2) is 6.50. The van der Waals surface area contributed by atoms with Crippen molar-refractivity contribution in [2.45, 2.75) is 57.9 Å². The van der Waals surface area contributed by atoms with Crippen LogP contribution in [0.2, 0.25) is 0 Å². The summed E-state index contributed by atoms with van der Waals surface area (Å²) in [5.41, 5.74) is 0. The van der Waals surface area contributed by atoms with E-state index >= 15 is 0 Å². The van der Waals surface area contributed by atoms with Gasteiger partial charge in [0, 0.05) is 0 Å². The maximum atomic E-state index is 11.9. The molecule has 4 nitrogen and oxygen atoms in total. The molecule has 0 bridgehead atoms. The van der Waals surface area contributed by atoms with E-state index in [1.54, 1.807) is 0 Å². The van der Waals surface area contributed by atoms with Gasteiger partial charge in [-0.25, -0.2) is 0 Å². The fourth-order valence-electron chi connectivity index (χ4n) is 1.14. The van der Waals surface area contributed by atoms with E-state index in [1.807, 2.05) is 27.7 Å². The molecule has 0 spiro atoms. The molecule has 0 aliphatic heterocycles. The van der Waals surface area contributed by atoms with Crippen LogP contribution < -0.4 is 0 Å². The van der Waals surface area contributed by atoms with Gasteiger partial charge in [-0.3, -0.25) is 0 Å². The van der Waals surface area contributed by atoms with E-state index in [4.69, 9.17) is 9.47 Å². The van der Waals surface area contributed by atoms with Crippen LogP contribution in [0, 0.1) is 0 Å². The Morgan fingerprint density at radius 2 is 1.50 bits per heavy atom. The average molecular weight is 295 g/mol. The van der Waals surface area contributed by atoms with E-state index < -0.39 is 4.69 Å². The van der Waals surface area contributed by atoms with Crippen LogP contribution >= 0.6 is 0 Å². The van der Waals surface area contributed by atoms with Crippen LogP contribution in [0.4, 0.5) is 0 Å². The minimum atomic E-state index is -1.39. The summed E-state index contributed by atoms with van der Waals surface area (Å²) < 4.78 is 9.53. The van der Waals surface area contributed by atoms with Crippen molar-refractivity contribution in [2.75, 3.05) is 0 Å². The predicted octanol–water partition coefficient (Wildman–Crippen LogP) is 0.939. The molecule has 0 rings (SSSR count). The van der Waals surface area contributed by atoms with E-state index in [2.05, 4.69) is 16.0 Å². The van der Waals surface area contributed by atoms with E-state index in [9.17, 15) is 9.59 Å². The molecular weight excluding hydrogens is 275 g/mol. The summed E-state index contributed by atoms with van der Waals surface area (Å²) in [7, 11) is 0. The fraction of sp³-hybridized carbons (Fsp3) is 0.818. The number of carbonyl (C=O) groups is 2. The first-order chi connectivity index (χ1) is 7.17. The molecule has 0 aromatic carbocycles. The molecule has 16 heavy (non-hydrogen) atoms. The zero-order chi connectivity index (χ0) is 12.9. The quantitative estimate of drug-likeness (QED) is 0.398. The predicted molar refractivity (Wildman–Crippen MR) is 62.6 cm³/mol. The van der Waals surface area contributed by atoms with E-state index in [1.165, 1.54) is 6.92 Å². The van der Waals surface area contributed by atoms with Crippen LogP contribution in [0.15, 0.2) is 0 Å². The van der Waals surface area contributed by atoms with E-state index in [0.29, 0.717) is 0 Å². The SMILES string of the molecule is CC(=O)CC(=O)C([SeH])(OC(C)C)OC(C)C. The topological polar surface area (TPSA) is 52.6 Å². The summed E-state index contributed by atoms with van der Waals surface area (Å²) in [4.78, 5) is 22.8. The number of hydrogen-bond donors (Lipinski definition) is 0. The molecule has 0 fully saturated rings. The number of hydrogen-bond acceptors (Lipinski definition) is 4. The van der Waals surface area contributed by atoms with Crippen molar-refractivity contribution in [1.29, 1.82) is 0 Å². The van der Waals surface area contributed by atoms with Crippen molar-refractivity contribution in [2.24, 2.45) is 0 Å². The van der Waals surface area contributed by atoms with Crippen LogP contribution in [0.25, 0.3) is 0 Å². The number of carbonyl (C=O) groups excluding carboxylic acids is 2. The molecule has 0 N–H and O–H groups in total. The van der Waals surface area contributed by atoms with Crippen LogP contribution in [-0.2, 0) is 19.1 Å². The Labute approximate surface area is 105 Å². The normalized spacial score (nSPS) is 12.2. The van der Waals surface area contributed by atoms with Gasteiger partial charge in [0.15, 0.2) is 0 Å². The Bertz CT molecular complexity index is 251. The minimum absolute atomic E-state index is 0.155. The summed E-state index contributed by atoms with van der Waals surface area (Å²) in [5, 5.41) is 0. The Morgan fingerprint density at radius 1 is 1.12 bits per heavy atom. The second-order valence-corrected chi connectivity index (χ2v) is 5.45. The van der Waals surface area contributed by atoms with Crippen molar-refractivity contribution in [3.8, 4) is 0 Å². The first-order valence-corrected chi connectivity index (χ1v) is 6.22. The fourth-order valence-corrected chi connectivity index (χ4v) is 2.19. The van der Waals surface area contributed by atoms with E-state index in [-0.39, 0.29) is 30.2 Å². The molecule has 0 atom stereocenters. The molecule has 0 aromatic heterocycles. The van der Waals surface area contributed by atoms with Gasteiger partial charge in [0.05, 0.1) is 0 Å². The Kier molecular flexibility index (Phi) is 6.41. The Morgan fingerprint density at radius 3 is 1.75 bits per heavy atom. The average Bonchev–Trinajstić information content (AvgIpc) is 1.98. The van der Waals surface area contributed by atoms with Gasteiger partial charge in [0.1, 0.15) is 0 Å². The summed E-state index contributed by atoms with van der Waals surface area (Å²) in [5.74, 6) is -0.553. The zero-order valence-corrected chi connectivity index (χ0v) is 12.3. The van der Waals surface area contributed by atoms with Crippen molar-refractivity contribution < 1.29 is 19.1 Å². The summed E-state index contributed by atoms with van der Waals surface area (Å²) in [6, 6.07) is 0. The number of ether oxygens (including phenoxy) is 2. The van der Waals surface area contributed by atoms with Crippen molar-refractivity contribution in [3.05, 3.63) is 0 Å². The molecular formula is C11H20O4Se. The Balaban J connectivity index is 4.76. The first-order valence-electron chi connectivity index (χ1n) is 5.28. The van der Waals surface area contributed by atoms with Gasteiger partial charge in [-0.15, -0.1) is 0 Å². The van der Waals surface area contributed by atoms with Gasteiger partial charge in [-0.2, -0.15) is 0 Å². The summed E-state index contributed by atoms with van der Waals surface area (Å²) in [6.07, 6.45) is -0.482. The van der Waals surface area contributed by atoms with Gasteiger partial charge in [-0.1, -0.05) is 0 Å². The molecule has 0 aromatic rings. The maximum absolute atomic E-state index is 11.9. The molecule has 0 amide bonds. The van der Waals surface area contributed by atoms with Crippen molar-refractivity contribution >= 4 is 27.6 Å². The molecule has 0 aliphatic rings. The van der Waals surface area contributed by atoms with Gasteiger partial charge in [0.25, 0.3) is 0 Å². The number of ketones is 2. The molecule has 0 aliphatic carbocycles. The van der Waals surface area contributed by atoms with E-state index in [0.717, 1.165) is 0 Å². The van der Waals surface area contributed by atoms with Crippen LogP contribution in [0.1, 0.15) is 41.0 Å². The van der Waals surface area contributed by atoms with Crippen LogP contribution in [-0.4, -0.2) is 44.5 Å². The van der Waals surface area contributed by atoms with Gasteiger partial charge < -0.3 is 0 Å². The standard InChI is InChI=1S/C11H20O4Se/c1-7(2)14-11(16,15-8(3)4)10(13)6-9(5)12/h7-8,16H,6H2,1-5H3. The van der Waals surface area contributed by atoms with Crippen LogP contribution in [0.3, 0.4) is 0 Å². The summed E-state index contributed by atoms with van der Waals surface area (Å²) >= 11 is 2.09. The molecule has 0 saturated heterocycles. The third-order valence-electron chi connectivity index (χ3n) is 1.55. The zero-order valence-electron chi connectivity index (χ0n) is 10.4. The number of rotatable bonds is 7. The molecule has 0 saturated carbocycles. The van der Waals surface area contributed by atoms with Gasteiger partial charge >= 0.3 is 105 Å².